The number of guanidine groups is 1. The van der Waals surface area contributed by atoms with Crippen LogP contribution in [0.4, 0.5) is 5.82 Å². The van der Waals surface area contributed by atoms with Crippen LogP contribution in [0.15, 0.2) is 40.8 Å². The van der Waals surface area contributed by atoms with E-state index in [1.54, 1.807) is 0 Å². The van der Waals surface area contributed by atoms with Crippen molar-refractivity contribution >= 4 is 47.1 Å². The van der Waals surface area contributed by atoms with Crippen LogP contribution in [0.2, 0.25) is 0 Å². The second-order valence-corrected chi connectivity index (χ2v) is 8.94. The lowest BCUT2D eigenvalue weighted by Gasteiger charge is -2.34. The molecule has 1 fully saturated rings. The highest BCUT2D eigenvalue weighted by molar-refractivity contribution is 14.0. The summed E-state index contributed by atoms with van der Waals surface area (Å²) in [6, 6.07) is 8.62. The number of piperazine rings is 1. The molecule has 1 aliphatic heterocycles. The molecule has 0 bridgehead atoms. The third kappa shape index (κ3) is 8.57. The Bertz CT molecular complexity index is 757. The molecule has 1 atom stereocenters. The number of halogens is 1. The Morgan fingerprint density at radius 3 is 2.58 bits per heavy atom. The van der Waals surface area contributed by atoms with E-state index in [1.807, 2.05) is 17.5 Å². The molecule has 1 unspecified atom stereocenters. The third-order valence-corrected chi connectivity index (χ3v) is 6.36. The van der Waals surface area contributed by atoms with Crippen molar-refractivity contribution in [1.29, 1.82) is 0 Å². The highest BCUT2D eigenvalue weighted by Crippen LogP contribution is 2.15. The number of nitrogens with one attached hydrogen (secondary N) is 2. The molecule has 2 N–H and O–H groups in total. The van der Waals surface area contributed by atoms with Crippen molar-refractivity contribution < 1.29 is 0 Å². The topological polar surface area (TPSA) is 55.8 Å². The molecule has 8 heteroatoms. The average molecular weight is 557 g/mol. The molecular formula is C23H37IN6S. The largest absolute Gasteiger partial charge is 0.357 e. The predicted molar refractivity (Wildman–Crippen MR) is 144 cm³/mol. The quantitative estimate of drug-likeness (QED) is 0.280. The van der Waals surface area contributed by atoms with Crippen LogP contribution in [-0.2, 0) is 13.0 Å². The van der Waals surface area contributed by atoms with E-state index in [1.165, 1.54) is 4.88 Å². The molecule has 172 valence electrons. The zero-order chi connectivity index (χ0) is 21.2. The standard InChI is InChI=1S/C23H36N6S.HI/c1-4-24-23(26-16-19(3)15-21-7-6-14-30-21)27-18-20-8-9-22(25-17-20)29-12-10-28(5-2)11-13-29;/h6-9,14,17,19H,4-5,10-13,15-16,18H2,1-3H3,(H2,24,26,27);1H. The number of rotatable bonds is 9. The molecule has 0 aliphatic carbocycles. The first-order valence-electron chi connectivity index (χ1n) is 11.1. The van der Waals surface area contributed by atoms with Gasteiger partial charge in [0.1, 0.15) is 5.82 Å². The number of pyridine rings is 1. The Hall–Kier alpha value is -1.39. The monoisotopic (exact) mass is 556 g/mol. The lowest BCUT2D eigenvalue weighted by molar-refractivity contribution is 0.270. The molecule has 31 heavy (non-hydrogen) atoms. The van der Waals surface area contributed by atoms with Crippen molar-refractivity contribution in [3.8, 4) is 0 Å². The molecule has 6 nitrogen and oxygen atoms in total. The minimum atomic E-state index is 0. The number of anilines is 1. The summed E-state index contributed by atoms with van der Waals surface area (Å²) in [7, 11) is 0. The van der Waals surface area contributed by atoms with Crippen LogP contribution in [-0.4, -0.2) is 61.7 Å². The van der Waals surface area contributed by atoms with Gasteiger partial charge in [-0.15, -0.1) is 35.3 Å². The van der Waals surface area contributed by atoms with Crippen LogP contribution < -0.4 is 15.5 Å². The van der Waals surface area contributed by atoms with Gasteiger partial charge in [-0.1, -0.05) is 26.0 Å². The summed E-state index contributed by atoms with van der Waals surface area (Å²) >= 11 is 1.83. The number of likely N-dealkylation sites (N-methyl/N-ethyl adjacent to an activating group) is 1. The van der Waals surface area contributed by atoms with Crippen molar-refractivity contribution in [1.82, 2.24) is 20.5 Å². The molecule has 2 aromatic heterocycles. The third-order valence-electron chi connectivity index (χ3n) is 5.46. The minimum Gasteiger partial charge on any atom is -0.357 e. The van der Waals surface area contributed by atoms with Crippen molar-refractivity contribution in [2.24, 2.45) is 10.9 Å². The van der Waals surface area contributed by atoms with Gasteiger partial charge in [-0.3, -0.25) is 0 Å². The maximum absolute atomic E-state index is 4.75. The number of thiophene rings is 1. The van der Waals surface area contributed by atoms with Gasteiger partial charge >= 0.3 is 0 Å². The van der Waals surface area contributed by atoms with E-state index in [4.69, 9.17) is 9.98 Å². The molecule has 0 amide bonds. The maximum atomic E-state index is 4.75. The Balaban J connectivity index is 0.00000341. The first-order chi connectivity index (χ1) is 14.7. The van der Waals surface area contributed by atoms with E-state index in [9.17, 15) is 0 Å². The number of hydrogen-bond acceptors (Lipinski definition) is 5. The molecule has 2 aromatic rings. The maximum Gasteiger partial charge on any atom is 0.191 e. The Morgan fingerprint density at radius 2 is 1.97 bits per heavy atom. The van der Waals surface area contributed by atoms with E-state index in [0.717, 1.165) is 69.6 Å². The lowest BCUT2D eigenvalue weighted by atomic mass is 10.1. The fourth-order valence-electron chi connectivity index (χ4n) is 3.62. The van der Waals surface area contributed by atoms with E-state index in [-0.39, 0.29) is 24.0 Å². The van der Waals surface area contributed by atoms with Crippen molar-refractivity contribution in [3.05, 3.63) is 46.3 Å². The smallest absolute Gasteiger partial charge is 0.191 e. The summed E-state index contributed by atoms with van der Waals surface area (Å²) in [5.41, 5.74) is 1.13. The summed E-state index contributed by atoms with van der Waals surface area (Å²) in [5, 5.41) is 8.98. The first kappa shape index (κ1) is 25.9. The van der Waals surface area contributed by atoms with Crippen LogP contribution in [0.3, 0.4) is 0 Å². The van der Waals surface area contributed by atoms with Crippen LogP contribution in [0.25, 0.3) is 0 Å². The number of aromatic nitrogens is 1. The Morgan fingerprint density at radius 1 is 1.16 bits per heavy atom. The van der Waals surface area contributed by atoms with Crippen LogP contribution in [0, 0.1) is 5.92 Å². The van der Waals surface area contributed by atoms with Gasteiger partial charge in [0.25, 0.3) is 0 Å². The fourth-order valence-corrected chi connectivity index (χ4v) is 4.49. The Labute approximate surface area is 208 Å². The second kappa shape index (κ2) is 13.9. The van der Waals surface area contributed by atoms with E-state index in [2.05, 4.69) is 70.9 Å². The number of aliphatic imine (C=N–C) groups is 1. The van der Waals surface area contributed by atoms with Crippen LogP contribution >= 0.6 is 35.3 Å². The van der Waals surface area contributed by atoms with E-state index in [0.29, 0.717) is 12.5 Å². The van der Waals surface area contributed by atoms with Crippen molar-refractivity contribution in [2.45, 2.75) is 33.7 Å². The summed E-state index contributed by atoms with van der Waals surface area (Å²) in [6.45, 7) is 14.5. The van der Waals surface area contributed by atoms with Gasteiger partial charge in [0.15, 0.2) is 5.96 Å². The van der Waals surface area contributed by atoms with Crippen molar-refractivity contribution in [2.75, 3.05) is 50.7 Å². The van der Waals surface area contributed by atoms with Crippen LogP contribution in [0.1, 0.15) is 31.2 Å². The van der Waals surface area contributed by atoms with Crippen LogP contribution in [0.5, 0.6) is 0 Å². The fraction of sp³-hybridized carbons (Fsp3) is 0.565. The average Bonchev–Trinajstić information content (AvgIpc) is 3.29. The summed E-state index contributed by atoms with van der Waals surface area (Å²) < 4.78 is 0. The van der Waals surface area contributed by atoms with Gasteiger partial charge < -0.3 is 20.4 Å². The second-order valence-electron chi connectivity index (χ2n) is 7.91. The molecule has 3 rings (SSSR count). The molecule has 3 heterocycles. The summed E-state index contributed by atoms with van der Waals surface area (Å²) in [6.07, 6.45) is 3.07. The number of hydrogen-bond donors (Lipinski definition) is 2. The molecule has 1 saturated heterocycles. The zero-order valence-corrected chi connectivity index (χ0v) is 22.2. The molecule has 0 aromatic carbocycles. The van der Waals surface area contributed by atoms with E-state index < -0.39 is 0 Å². The minimum absolute atomic E-state index is 0. The summed E-state index contributed by atoms with van der Waals surface area (Å²) in [5.74, 6) is 2.50. The number of nitrogens with zero attached hydrogens (tertiary/aromatic N) is 4. The van der Waals surface area contributed by atoms with Gasteiger partial charge in [-0.2, -0.15) is 0 Å². The highest BCUT2D eigenvalue weighted by Gasteiger charge is 2.16. The van der Waals surface area contributed by atoms with Gasteiger partial charge in [0.2, 0.25) is 0 Å². The van der Waals surface area contributed by atoms with Gasteiger partial charge in [-0.05, 0) is 48.9 Å². The molecule has 1 aliphatic rings. The van der Waals surface area contributed by atoms with Crippen molar-refractivity contribution in [3.63, 3.8) is 0 Å². The molecule has 0 saturated carbocycles. The van der Waals surface area contributed by atoms with Gasteiger partial charge in [-0.25, -0.2) is 9.98 Å². The SMILES string of the molecule is CCNC(=NCc1ccc(N2CCN(CC)CC2)nc1)NCC(C)Cc1cccs1.I. The van der Waals surface area contributed by atoms with Gasteiger partial charge in [0, 0.05) is 50.3 Å². The molecule has 0 spiro atoms. The van der Waals surface area contributed by atoms with Gasteiger partial charge in [0.05, 0.1) is 6.54 Å². The normalized spacial score (nSPS) is 16.0. The van der Waals surface area contributed by atoms with E-state index >= 15 is 0 Å². The zero-order valence-electron chi connectivity index (χ0n) is 19.0. The predicted octanol–water partition coefficient (Wildman–Crippen LogP) is 3.84. The highest BCUT2D eigenvalue weighted by atomic mass is 127. The Kier molecular flexibility index (Phi) is 11.6. The molecular weight excluding hydrogens is 519 g/mol. The first-order valence-corrected chi connectivity index (χ1v) is 12.0. The lowest BCUT2D eigenvalue weighted by Crippen LogP contribution is -2.46. The molecule has 0 radical (unpaired) electrons. The summed E-state index contributed by atoms with van der Waals surface area (Å²) in [4.78, 5) is 15.7.